The zero-order valence-electron chi connectivity index (χ0n) is 31.6. The Morgan fingerprint density at radius 2 is 1.26 bits per heavy atom. The molecule has 1 N–H and O–H groups in total. The lowest BCUT2D eigenvalue weighted by molar-refractivity contribution is 0.0387. The second kappa shape index (κ2) is 18.7. The molecule has 0 aromatic heterocycles. The largest absolute Gasteiger partial charge is 0.489 e. The van der Waals surface area contributed by atoms with E-state index in [4.69, 9.17) is 42.6 Å². The van der Waals surface area contributed by atoms with Gasteiger partial charge in [0.15, 0.2) is 31.9 Å². The first kappa shape index (κ1) is 39.2. The van der Waals surface area contributed by atoms with Crippen LogP contribution in [0.1, 0.15) is 67.2 Å². The van der Waals surface area contributed by atoms with Gasteiger partial charge in [0.2, 0.25) is 0 Å². The highest BCUT2D eigenvalue weighted by Crippen LogP contribution is 2.53. The van der Waals surface area contributed by atoms with Crippen molar-refractivity contribution in [2.75, 3.05) is 41.7 Å². The number of aliphatic hydroxyl groups is 1. The van der Waals surface area contributed by atoms with E-state index in [-0.39, 0.29) is 27.0 Å². The van der Waals surface area contributed by atoms with Crippen molar-refractivity contribution in [1.82, 2.24) is 0 Å². The van der Waals surface area contributed by atoms with Gasteiger partial charge < -0.3 is 47.7 Å². The van der Waals surface area contributed by atoms with Crippen molar-refractivity contribution < 1.29 is 47.7 Å². The summed E-state index contributed by atoms with van der Waals surface area (Å²) in [6.07, 6.45) is 4.92. The van der Waals surface area contributed by atoms with Crippen molar-refractivity contribution in [1.29, 1.82) is 0 Å². The van der Waals surface area contributed by atoms with Crippen LogP contribution in [-0.4, -0.2) is 52.4 Å². The minimum absolute atomic E-state index is 0.0374. The summed E-state index contributed by atoms with van der Waals surface area (Å²) in [4.78, 5) is 0. The van der Waals surface area contributed by atoms with Crippen LogP contribution in [0.5, 0.6) is 34.5 Å². The molecule has 0 amide bonds. The van der Waals surface area contributed by atoms with Gasteiger partial charge in [0.25, 0.3) is 0 Å². The number of allylic oxidation sites excluding steroid dienone is 2. The fourth-order valence-corrected chi connectivity index (χ4v) is 5.85. The molecule has 282 valence electrons. The highest BCUT2D eigenvalue weighted by molar-refractivity contribution is 5.76. The van der Waals surface area contributed by atoms with Crippen LogP contribution in [0.3, 0.4) is 0 Å². The second-order valence-corrected chi connectivity index (χ2v) is 13.3. The van der Waals surface area contributed by atoms with Gasteiger partial charge in [-0.15, -0.1) is 0 Å². The molecule has 0 saturated heterocycles. The highest BCUT2D eigenvalue weighted by Gasteiger charge is 2.37. The molecule has 0 spiro atoms. The Morgan fingerprint density at radius 1 is 0.717 bits per heavy atom. The molecule has 10 heteroatoms. The molecule has 1 unspecified atom stereocenters. The van der Waals surface area contributed by atoms with Crippen molar-refractivity contribution in [2.24, 2.45) is 0 Å². The van der Waals surface area contributed by atoms with E-state index in [1.807, 2.05) is 101 Å². The summed E-state index contributed by atoms with van der Waals surface area (Å²) in [6, 6.07) is 23.1. The molecule has 1 aliphatic heterocycles. The molecule has 53 heavy (non-hydrogen) atoms. The van der Waals surface area contributed by atoms with Gasteiger partial charge in [-0.05, 0) is 51.3 Å². The quantitative estimate of drug-likeness (QED) is 0.0747. The average Bonchev–Trinajstić information content (AvgIpc) is 3.16. The normalized spacial score (nSPS) is 13.4. The molecule has 0 bridgehead atoms. The average molecular weight is 727 g/mol. The standard InChI is InChI=1S/C43H50O10/c1-29(2)18-19-34-40(51-27-46-6)37(33-20-21-43(3,4)53-42(33)41(34)52-28-47-7)39(44)38-35(49-25-31-16-12-9-13-17-31)22-32(23-36(38)50-26-45-5)48-24-30-14-10-8-11-15-30/h8-18,20-23,39,44H,19,24-28H2,1-7H3. The molecule has 0 aliphatic carbocycles. The van der Waals surface area contributed by atoms with Crippen LogP contribution < -0.4 is 28.4 Å². The molecule has 0 saturated carbocycles. The van der Waals surface area contributed by atoms with Gasteiger partial charge in [-0.1, -0.05) is 78.4 Å². The van der Waals surface area contributed by atoms with E-state index in [0.29, 0.717) is 69.8 Å². The molecule has 4 aromatic rings. The maximum absolute atomic E-state index is 12.9. The van der Waals surface area contributed by atoms with Gasteiger partial charge in [-0.25, -0.2) is 0 Å². The van der Waals surface area contributed by atoms with Crippen LogP contribution in [-0.2, 0) is 33.8 Å². The summed E-state index contributed by atoms with van der Waals surface area (Å²) in [5.41, 5.74) is 4.29. The third-order valence-corrected chi connectivity index (χ3v) is 8.35. The lowest BCUT2D eigenvalue weighted by atomic mass is 9.87. The summed E-state index contributed by atoms with van der Waals surface area (Å²) in [5.74, 6) is 2.38. The predicted octanol–water partition coefficient (Wildman–Crippen LogP) is 8.57. The number of benzene rings is 4. The van der Waals surface area contributed by atoms with Gasteiger partial charge in [-0.3, -0.25) is 0 Å². The fraction of sp³-hybridized carbons (Fsp3) is 0.349. The van der Waals surface area contributed by atoms with Gasteiger partial charge in [0.05, 0.1) is 5.56 Å². The van der Waals surface area contributed by atoms with E-state index in [9.17, 15) is 5.11 Å². The minimum atomic E-state index is -1.38. The number of hydrogen-bond acceptors (Lipinski definition) is 10. The van der Waals surface area contributed by atoms with Crippen molar-refractivity contribution in [3.8, 4) is 34.5 Å². The number of fused-ring (bicyclic) bond motifs is 1. The molecule has 4 aromatic carbocycles. The number of methoxy groups -OCH3 is 3. The van der Waals surface area contributed by atoms with Crippen molar-refractivity contribution in [3.63, 3.8) is 0 Å². The Labute approximate surface area is 312 Å². The van der Waals surface area contributed by atoms with Crippen LogP contribution in [0, 0.1) is 0 Å². The van der Waals surface area contributed by atoms with E-state index < -0.39 is 11.7 Å². The zero-order valence-corrected chi connectivity index (χ0v) is 31.6. The summed E-state index contributed by atoms with van der Waals surface area (Å²) < 4.78 is 54.4. The Bertz CT molecular complexity index is 1850. The van der Waals surface area contributed by atoms with Crippen molar-refractivity contribution in [2.45, 2.75) is 59.0 Å². The maximum Gasteiger partial charge on any atom is 0.188 e. The van der Waals surface area contributed by atoms with E-state index in [2.05, 4.69) is 6.08 Å². The Balaban J connectivity index is 1.76. The van der Waals surface area contributed by atoms with Crippen molar-refractivity contribution in [3.05, 3.63) is 124 Å². The molecular formula is C43H50O10. The molecular weight excluding hydrogens is 676 g/mol. The zero-order chi connectivity index (χ0) is 37.8. The molecule has 1 aliphatic rings. The Morgan fingerprint density at radius 3 is 1.85 bits per heavy atom. The highest BCUT2D eigenvalue weighted by atomic mass is 16.7. The van der Waals surface area contributed by atoms with Crippen molar-refractivity contribution >= 4 is 6.08 Å². The Hall–Kier alpha value is -5.00. The van der Waals surface area contributed by atoms with Gasteiger partial charge >= 0.3 is 0 Å². The first-order valence-electron chi connectivity index (χ1n) is 17.4. The minimum Gasteiger partial charge on any atom is -0.489 e. The number of aliphatic hydroxyl groups excluding tert-OH is 1. The number of ether oxygens (including phenoxy) is 9. The lowest BCUT2D eigenvalue weighted by Crippen LogP contribution is -2.29. The number of rotatable bonds is 19. The lowest BCUT2D eigenvalue weighted by Gasteiger charge is -2.34. The molecule has 1 atom stereocenters. The Kier molecular flexibility index (Phi) is 13.8. The predicted molar refractivity (Wildman–Crippen MR) is 203 cm³/mol. The summed E-state index contributed by atoms with van der Waals surface area (Å²) in [6.45, 7) is 8.21. The first-order valence-corrected chi connectivity index (χ1v) is 17.4. The van der Waals surface area contributed by atoms with Crippen LogP contribution in [0.15, 0.2) is 90.5 Å². The molecule has 0 radical (unpaired) electrons. The van der Waals surface area contributed by atoms with E-state index in [1.165, 1.54) is 7.11 Å². The van der Waals surface area contributed by atoms with Crippen LogP contribution in [0.4, 0.5) is 0 Å². The van der Waals surface area contributed by atoms with Crippen LogP contribution in [0.2, 0.25) is 0 Å². The molecule has 10 nitrogen and oxygen atoms in total. The molecule has 1 heterocycles. The fourth-order valence-electron chi connectivity index (χ4n) is 5.85. The van der Waals surface area contributed by atoms with Crippen LogP contribution in [0.25, 0.3) is 6.08 Å². The number of hydrogen-bond donors (Lipinski definition) is 1. The van der Waals surface area contributed by atoms with Gasteiger partial charge in [-0.2, -0.15) is 0 Å². The van der Waals surface area contributed by atoms with Gasteiger partial charge in [0, 0.05) is 50.2 Å². The second-order valence-electron chi connectivity index (χ2n) is 13.3. The van der Waals surface area contributed by atoms with E-state index in [1.54, 1.807) is 26.4 Å². The first-order chi connectivity index (χ1) is 25.7. The topological polar surface area (TPSA) is 103 Å². The third kappa shape index (κ3) is 10.1. The molecule has 0 fully saturated rings. The SMILES string of the molecule is COCOc1cc(OCc2ccccc2)cc(OCc2ccccc2)c1C(O)c1c2c(c(OCOC)c(CC=C(C)C)c1OCOC)OC(C)(C)C=C2. The van der Waals surface area contributed by atoms with E-state index in [0.717, 1.165) is 16.7 Å². The third-order valence-electron chi connectivity index (χ3n) is 8.35. The molecule has 5 rings (SSSR count). The van der Waals surface area contributed by atoms with Gasteiger partial charge in [0.1, 0.15) is 47.9 Å². The monoisotopic (exact) mass is 726 g/mol. The summed E-state index contributed by atoms with van der Waals surface area (Å²) in [7, 11) is 4.63. The van der Waals surface area contributed by atoms with Crippen LogP contribution >= 0.6 is 0 Å². The summed E-state index contributed by atoms with van der Waals surface area (Å²) >= 11 is 0. The maximum atomic E-state index is 12.9. The smallest absolute Gasteiger partial charge is 0.188 e. The summed E-state index contributed by atoms with van der Waals surface area (Å²) in [5, 5.41) is 12.9. The van der Waals surface area contributed by atoms with E-state index >= 15 is 0 Å².